The zero-order valence-corrected chi connectivity index (χ0v) is 12.2. The van der Waals surface area contributed by atoms with E-state index in [1.54, 1.807) is 6.07 Å². The zero-order chi connectivity index (χ0) is 13.5. The molecule has 102 valence electrons. The number of aromatic hydroxyl groups is 1. The molecule has 0 aliphatic heterocycles. The highest BCUT2D eigenvalue weighted by Gasteiger charge is 2.12. The number of phenols is 1. The number of hydrogen-bond acceptors (Lipinski definition) is 2. The zero-order valence-electron chi connectivity index (χ0n) is 12.2. The molecule has 0 bridgehead atoms. The largest absolute Gasteiger partial charge is 0.508 e. The Kier molecular flexibility index (Phi) is 6.20. The Bertz CT molecular complexity index is 362. The summed E-state index contributed by atoms with van der Waals surface area (Å²) in [6.07, 6.45) is 5.04. The lowest BCUT2D eigenvalue weighted by Gasteiger charge is -2.21. The van der Waals surface area contributed by atoms with Crippen molar-refractivity contribution in [3.05, 3.63) is 29.3 Å². The van der Waals surface area contributed by atoms with Crippen LogP contribution in [0.2, 0.25) is 0 Å². The quantitative estimate of drug-likeness (QED) is 0.705. The van der Waals surface area contributed by atoms with Crippen molar-refractivity contribution in [2.75, 3.05) is 0 Å². The van der Waals surface area contributed by atoms with Crippen molar-refractivity contribution in [1.29, 1.82) is 0 Å². The number of hydrogen-bond donors (Lipinski definition) is 2. The molecule has 0 aliphatic carbocycles. The van der Waals surface area contributed by atoms with Crippen LogP contribution in [0.5, 0.6) is 5.75 Å². The first-order valence-corrected chi connectivity index (χ1v) is 7.10. The lowest BCUT2D eigenvalue weighted by molar-refractivity contribution is 0.417. The van der Waals surface area contributed by atoms with Crippen molar-refractivity contribution < 1.29 is 5.11 Å². The number of nitrogens with one attached hydrogen (secondary N) is 1. The molecule has 0 aliphatic rings. The van der Waals surface area contributed by atoms with Crippen molar-refractivity contribution in [3.8, 4) is 5.75 Å². The van der Waals surface area contributed by atoms with Crippen molar-refractivity contribution in [3.63, 3.8) is 0 Å². The van der Waals surface area contributed by atoms with Crippen LogP contribution in [0.1, 0.15) is 63.6 Å². The van der Waals surface area contributed by atoms with Gasteiger partial charge in [0.2, 0.25) is 0 Å². The first-order chi connectivity index (χ1) is 8.54. The van der Waals surface area contributed by atoms with Gasteiger partial charge < -0.3 is 10.4 Å². The van der Waals surface area contributed by atoms with Crippen molar-refractivity contribution >= 4 is 0 Å². The second kappa shape index (κ2) is 7.42. The van der Waals surface area contributed by atoms with Gasteiger partial charge >= 0.3 is 0 Å². The van der Waals surface area contributed by atoms with E-state index in [-0.39, 0.29) is 6.04 Å². The Labute approximate surface area is 111 Å². The fourth-order valence-electron chi connectivity index (χ4n) is 2.32. The molecule has 2 atom stereocenters. The van der Waals surface area contributed by atoms with Crippen LogP contribution in [0, 0.1) is 6.92 Å². The average Bonchev–Trinajstić information content (AvgIpc) is 2.32. The van der Waals surface area contributed by atoms with Crippen molar-refractivity contribution in [2.24, 2.45) is 0 Å². The molecule has 2 unspecified atom stereocenters. The summed E-state index contributed by atoms with van der Waals surface area (Å²) in [5.74, 6) is 0.390. The van der Waals surface area contributed by atoms with E-state index < -0.39 is 0 Å². The SMILES string of the molecule is CCCCCC(C)NC(C)c1cc(C)ccc1O. The fourth-order valence-corrected chi connectivity index (χ4v) is 2.32. The molecule has 2 nitrogen and oxygen atoms in total. The number of benzene rings is 1. The Balaban J connectivity index is 2.53. The second-order valence-corrected chi connectivity index (χ2v) is 5.35. The number of rotatable bonds is 7. The minimum absolute atomic E-state index is 0.196. The molecular weight excluding hydrogens is 222 g/mol. The predicted octanol–water partition coefficient (Wildman–Crippen LogP) is 4.32. The van der Waals surface area contributed by atoms with Gasteiger partial charge in [-0.05, 0) is 33.3 Å². The normalized spacial score (nSPS) is 14.4. The molecule has 1 aromatic carbocycles. The van der Waals surface area contributed by atoms with Crippen LogP contribution in [0.3, 0.4) is 0 Å². The summed E-state index contributed by atoms with van der Waals surface area (Å²) in [4.78, 5) is 0. The Morgan fingerprint density at radius 1 is 1.22 bits per heavy atom. The van der Waals surface area contributed by atoms with E-state index in [1.165, 1.54) is 31.2 Å². The number of aryl methyl sites for hydroxylation is 1. The molecule has 1 rings (SSSR count). The van der Waals surface area contributed by atoms with Crippen LogP contribution in [-0.4, -0.2) is 11.1 Å². The Hall–Kier alpha value is -1.02. The molecule has 2 heteroatoms. The molecule has 1 aromatic rings. The van der Waals surface area contributed by atoms with Gasteiger partial charge in [0.1, 0.15) is 5.75 Å². The summed E-state index contributed by atoms with van der Waals surface area (Å²) >= 11 is 0. The highest BCUT2D eigenvalue weighted by atomic mass is 16.3. The summed E-state index contributed by atoms with van der Waals surface area (Å²) in [5.41, 5.74) is 2.19. The third-order valence-electron chi connectivity index (χ3n) is 3.42. The monoisotopic (exact) mass is 249 g/mol. The smallest absolute Gasteiger partial charge is 0.120 e. The molecule has 0 radical (unpaired) electrons. The van der Waals surface area contributed by atoms with Crippen LogP contribution in [0.4, 0.5) is 0 Å². The summed E-state index contributed by atoms with van der Waals surface area (Å²) in [6, 6.07) is 6.47. The topological polar surface area (TPSA) is 32.3 Å². The Morgan fingerprint density at radius 2 is 1.94 bits per heavy atom. The van der Waals surface area contributed by atoms with Gasteiger partial charge in [0, 0.05) is 17.6 Å². The van der Waals surface area contributed by atoms with E-state index in [9.17, 15) is 5.11 Å². The molecule has 0 saturated heterocycles. The van der Waals surface area contributed by atoms with Gasteiger partial charge in [0.05, 0.1) is 0 Å². The molecule has 0 amide bonds. The molecule has 18 heavy (non-hydrogen) atoms. The summed E-state index contributed by atoms with van der Waals surface area (Å²) in [6.45, 7) is 8.62. The predicted molar refractivity (Wildman–Crippen MR) is 78.0 cm³/mol. The Morgan fingerprint density at radius 3 is 2.61 bits per heavy atom. The van der Waals surface area contributed by atoms with E-state index in [0.29, 0.717) is 11.8 Å². The molecule has 0 fully saturated rings. The first kappa shape index (κ1) is 15.0. The average molecular weight is 249 g/mol. The van der Waals surface area contributed by atoms with Crippen LogP contribution in [0.25, 0.3) is 0 Å². The highest BCUT2D eigenvalue weighted by molar-refractivity contribution is 5.37. The second-order valence-electron chi connectivity index (χ2n) is 5.35. The highest BCUT2D eigenvalue weighted by Crippen LogP contribution is 2.25. The van der Waals surface area contributed by atoms with Crippen molar-refractivity contribution in [2.45, 2.75) is 65.5 Å². The maximum Gasteiger partial charge on any atom is 0.120 e. The summed E-state index contributed by atoms with van der Waals surface area (Å²) < 4.78 is 0. The van der Waals surface area contributed by atoms with Crippen LogP contribution < -0.4 is 5.32 Å². The maximum atomic E-state index is 9.89. The third-order valence-corrected chi connectivity index (χ3v) is 3.42. The van der Waals surface area contributed by atoms with Crippen LogP contribution in [0.15, 0.2) is 18.2 Å². The van der Waals surface area contributed by atoms with E-state index in [4.69, 9.17) is 0 Å². The van der Waals surface area contributed by atoms with E-state index in [2.05, 4.69) is 39.1 Å². The van der Waals surface area contributed by atoms with Gasteiger partial charge in [-0.3, -0.25) is 0 Å². The van der Waals surface area contributed by atoms with Crippen LogP contribution >= 0.6 is 0 Å². The molecule has 0 spiro atoms. The minimum atomic E-state index is 0.196. The first-order valence-electron chi connectivity index (χ1n) is 7.10. The van der Waals surface area contributed by atoms with Gasteiger partial charge in [0.15, 0.2) is 0 Å². The van der Waals surface area contributed by atoms with Gasteiger partial charge in [-0.1, -0.05) is 43.9 Å². The van der Waals surface area contributed by atoms with Gasteiger partial charge in [0.25, 0.3) is 0 Å². The minimum Gasteiger partial charge on any atom is -0.508 e. The number of unbranched alkanes of at least 4 members (excludes halogenated alkanes) is 2. The van der Waals surface area contributed by atoms with E-state index in [0.717, 1.165) is 5.56 Å². The molecule has 0 heterocycles. The van der Waals surface area contributed by atoms with E-state index in [1.807, 2.05) is 6.07 Å². The van der Waals surface area contributed by atoms with E-state index >= 15 is 0 Å². The molecule has 0 saturated carbocycles. The summed E-state index contributed by atoms with van der Waals surface area (Å²) in [7, 11) is 0. The number of phenolic OH excluding ortho intramolecular Hbond substituents is 1. The van der Waals surface area contributed by atoms with Gasteiger partial charge in [-0.2, -0.15) is 0 Å². The van der Waals surface area contributed by atoms with Crippen molar-refractivity contribution in [1.82, 2.24) is 5.32 Å². The molecule has 0 aromatic heterocycles. The lowest BCUT2D eigenvalue weighted by Crippen LogP contribution is -2.28. The molecular formula is C16H27NO. The summed E-state index contributed by atoms with van der Waals surface area (Å²) in [5, 5.41) is 13.5. The molecule has 2 N–H and O–H groups in total. The third kappa shape index (κ3) is 4.69. The van der Waals surface area contributed by atoms with Gasteiger partial charge in [-0.25, -0.2) is 0 Å². The maximum absolute atomic E-state index is 9.89. The fraction of sp³-hybridized carbons (Fsp3) is 0.625. The van der Waals surface area contributed by atoms with Crippen LogP contribution in [-0.2, 0) is 0 Å². The lowest BCUT2D eigenvalue weighted by atomic mass is 10.0. The standard InChI is InChI=1S/C16H27NO/c1-5-6-7-8-13(3)17-14(4)15-11-12(2)9-10-16(15)18/h9-11,13-14,17-18H,5-8H2,1-4H3. The van der Waals surface area contributed by atoms with Gasteiger partial charge in [-0.15, -0.1) is 0 Å².